The van der Waals surface area contributed by atoms with Crippen LogP contribution in [0.4, 0.5) is 11.4 Å². The van der Waals surface area contributed by atoms with Gasteiger partial charge in [0.2, 0.25) is 6.79 Å². The van der Waals surface area contributed by atoms with Crippen LogP contribution in [0.1, 0.15) is 43.7 Å². The number of ether oxygens (including phenoxy) is 2. The van der Waals surface area contributed by atoms with Crippen LogP contribution >= 0.6 is 0 Å². The molecule has 0 amide bonds. The van der Waals surface area contributed by atoms with Crippen molar-refractivity contribution in [3.63, 3.8) is 0 Å². The maximum atomic E-state index is 13.2. The van der Waals surface area contributed by atoms with Crippen molar-refractivity contribution in [2.75, 3.05) is 12.1 Å². The Labute approximate surface area is 167 Å². The van der Waals surface area contributed by atoms with Crippen molar-refractivity contribution in [2.45, 2.75) is 32.6 Å². The van der Waals surface area contributed by atoms with Crippen molar-refractivity contribution >= 4 is 17.2 Å². The van der Waals surface area contributed by atoms with Crippen molar-refractivity contribution in [1.29, 1.82) is 0 Å². The molecule has 7 nitrogen and oxygen atoms in total. The second-order valence-corrected chi connectivity index (χ2v) is 8.53. The third kappa shape index (κ3) is 2.85. The molecule has 7 heteroatoms. The molecule has 2 aliphatic heterocycles. The van der Waals surface area contributed by atoms with Gasteiger partial charge in [0.05, 0.1) is 4.92 Å². The summed E-state index contributed by atoms with van der Waals surface area (Å²) in [7, 11) is 0. The monoisotopic (exact) mass is 392 g/mol. The molecule has 0 bridgehead atoms. The molecule has 2 heterocycles. The Balaban J connectivity index is 1.70. The van der Waals surface area contributed by atoms with Crippen molar-refractivity contribution < 1.29 is 19.2 Å². The number of fused-ring (bicyclic) bond motifs is 2. The van der Waals surface area contributed by atoms with Gasteiger partial charge in [0, 0.05) is 47.5 Å². The number of carbonyl (C=O) groups excluding carboxylic acids is 1. The number of anilines is 1. The summed E-state index contributed by atoms with van der Waals surface area (Å²) in [6.45, 7) is 4.35. The summed E-state index contributed by atoms with van der Waals surface area (Å²) in [5, 5.41) is 14.5. The van der Waals surface area contributed by atoms with Gasteiger partial charge < -0.3 is 14.8 Å². The lowest BCUT2D eigenvalue weighted by Gasteiger charge is -2.39. The second kappa shape index (κ2) is 6.07. The highest BCUT2D eigenvalue weighted by atomic mass is 16.7. The van der Waals surface area contributed by atoms with Crippen LogP contribution in [0.25, 0.3) is 0 Å². The van der Waals surface area contributed by atoms with E-state index in [4.69, 9.17) is 9.47 Å². The minimum atomic E-state index is -0.419. The number of rotatable bonds is 2. The summed E-state index contributed by atoms with van der Waals surface area (Å²) in [6, 6.07) is 10.3. The Morgan fingerprint density at radius 2 is 1.79 bits per heavy atom. The molecule has 0 saturated heterocycles. The van der Waals surface area contributed by atoms with Crippen molar-refractivity contribution in [3.8, 4) is 11.5 Å². The summed E-state index contributed by atoms with van der Waals surface area (Å²) < 4.78 is 11.1. The van der Waals surface area contributed by atoms with E-state index in [1.165, 1.54) is 12.1 Å². The average molecular weight is 392 g/mol. The minimum absolute atomic E-state index is 0.0268. The Morgan fingerprint density at radius 1 is 1.10 bits per heavy atom. The quantitative estimate of drug-likeness (QED) is 0.597. The number of hydrogen-bond acceptors (Lipinski definition) is 6. The fourth-order valence-electron chi connectivity index (χ4n) is 4.54. The molecule has 0 saturated carbocycles. The smallest absolute Gasteiger partial charge is 0.269 e. The Hall–Kier alpha value is -3.35. The number of carbonyl (C=O) groups is 1. The SMILES string of the molecule is CC1(C)CC(=O)C2=C(C1)Nc1cc3c(cc1C2c1ccc([N+](=O)[O-])cc1)OCO3. The van der Waals surface area contributed by atoms with E-state index in [1.54, 1.807) is 12.1 Å². The maximum absolute atomic E-state index is 13.2. The largest absolute Gasteiger partial charge is 0.454 e. The van der Waals surface area contributed by atoms with Gasteiger partial charge in [-0.05, 0) is 29.0 Å². The summed E-state index contributed by atoms with van der Waals surface area (Å²) in [6.07, 6.45) is 1.22. The van der Waals surface area contributed by atoms with Crippen molar-refractivity contribution in [3.05, 3.63) is 68.9 Å². The number of nitro groups is 1. The van der Waals surface area contributed by atoms with Crippen LogP contribution in [0.2, 0.25) is 0 Å². The Morgan fingerprint density at radius 3 is 2.48 bits per heavy atom. The number of nitrogens with zero attached hydrogens (tertiary/aromatic N) is 1. The van der Waals surface area contributed by atoms with Crippen LogP contribution in [-0.2, 0) is 4.79 Å². The van der Waals surface area contributed by atoms with Gasteiger partial charge in [-0.25, -0.2) is 0 Å². The molecule has 2 aromatic carbocycles. The first-order valence-corrected chi connectivity index (χ1v) is 9.53. The summed E-state index contributed by atoms with van der Waals surface area (Å²) in [4.78, 5) is 23.8. The zero-order valence-electron chi connectivity index (χ0n) is 16.2. The van der Waals surface area contributed by atoms with Crippen LogP contribution in [0.5, 0.6) is 11.5 Å². The molecule has 0 spiro atoms. The van der Waals surface area contributed by atoms with E-state index in [0.717, 1.165) is 34.5 Å². The van der Waals surface area contributed by atoms with Gasteiger partial charge in [0.25, 0.3) is 5.69 Å². The molecule has 2 aromatic rings. The first-order chi connectivity index (χ1) is 13.8. The molecular weight excluding hydrogens is 372 g/mol. The number of nitro benzene ring substituents is 1. The molecule has 0 radical (unpaired) electrons. The summed E-state index contributed by atoms with van der Waals surface area (Å²) >= 11 is 0. The lowest BCUT2D eigenvalue weighted by Crippen LogP contribution is -2.33. The lowest BCUT2D eigenvalue weighted by molar-refractivity contribution is -0.384. The topological polar surface area (TPSA) is 90.7 Å². The van der Waals surface area contributed by atoms with E-state index in [2.05, 4.69) is 19.2 Å². The number of nitrogens with one attached hydrogen (secondary N) is 1. The normalized spacial score (nSPS) is 21.3. The van der Waals surface area contributed by atoms with E-state index in [9.17, 15) is 14.9 Å². The Bertz CT molecular complexity index is 1090. The number of Topliss-reactive ketones (excluding diaryl/α,β-unsaturated/α-hetero) is 1. The van der Waals surface area contributed by atoms with E-state index in [-0.39, 0.29) is 29.6 Å². The number of hydrogen-bond donors (Lipinski definition) is 1. The predicted molar refractivity (Wildman–Crippen MR) is 106 cm³/mol. The average Bonchev–Trinajstić information content (AvgIpc) is 3.11. The highest BCUT2D eigenvalue weighted by Gasteiger charge is 2.41. The number of non-ortho nitro benzene ring substituents is 1. The molecule has 1 atom stereocenters. The van der Waals surface area contributed by atoms with Crippen LogP contribution in [-0.4, -0.2) is 17.5 Å². The van der Waals surface area contributed by atoms with Gasteiger partial charge in [0.15, 0.2) is 17.3 Å². The molecule has 3 aliphatic rings. The van der Waals surface area contributed by atoms with Gasteiger partial charge in [-0.15, -0.1) is 0 Å². The van der Waals surface area contributed by atoms with Gasteiger partial charge in [-0.1, -0.05) is 26.0 Å². The van der Waals surface area contributed by atoms with Crippen molar-refractivity contribution in [1.82, 2.24) is 0 Å². The van der Waals surface area contributed by atoms with Crippen molar-refractivity contribution in [2.24, 2.45) is 5.41 Å². The van der Waals surface area contributed by atoms with Crippen LogP contribution in [0, 0.1) is 15.5 Å². The number of allylic oxidation sites excluding steroid dienone is 2. The molecule has 0 aromatic heterocycles. The van der Waals surface area contributed by atoms with Gasteiger partial charge in [-0.2, -0.15) is 0 Å². The molecule has 148 valence electrons. The molecule has 1 unspecified atom stereocenters. The lowest BCUT2D eigenvalue weighted by atomic mass is 9.68. The fourth-order valence-corrected chi connectivity index (χ4v) is 4.54. The standard InChI is InChI=1S/C22H20N2O5/c1-22(2)9-16-21(17(25)10-22)20(12-3-5-13(6-4-12)24(26)27)14-7-18-19(29-11-28-18)8-15(14)23-16/h3-8,20,23H,9-11H2,1-2H3. The molecule has 1 N–H and O–H groups in total. The zero-order valence-corrected chi connectivity index (χ0v) is 16.2. The summed E-state index contributed by atoms with van der Waals surface area (Å²) in [5.41, 5.74) is 4.19. The molecular formula is C22H20N2O5. The van der Waals surface area contributed by atoms with Crippen LogP contribution in [0.3, 0.4) is 0 Å². The van der Waals surface area contributed by atoms with Crippen LogP contribution < -0.4 is 14.8 Å². The summed E-state index contributed by atoms with van der Waals surface area (Å²) in [5.74, 6) is 1.12. The first-order valence-electron chi connectivity index (χ1n) is 9.53. The highest BCUT2D eigenvalue weighted by molar-refractivity contribution is 6.01. The molecule has 1 aliphatic carbocycles. The Kier molecular flexibility index (Phi) is 3.71. The van der Waals surface area contributed by atoms with E-state index in [1.807, 2.05) is 12.1 Å². The first kappa shape index (κ1) is 17.7. The maximum Gasteiger partial charge on any atom is 0.269 e. The molecule has 5 rings (SSSR count). The van der Waals surface area contributed by atoms with Gasteiger partial charge in [-0.3, -0.25) is 14.9 Å². The van der Waals surface area contributed by atoms with Gasteiger partial charge in [0.1, 0.15) is 0 Å². The van der Waals surface area contributed by atoms with E-state index >= 15 is 0 Å². The van der Waals surface area contributed by atoms with E-state index in [0.29, 0.717) is 17.9 Å². The third-order valence-electron chi connectivity index (χ3n) is 5.79. The minimum Gasteiger partial charge on any atom is -0.454 e. The highest BCUT2D eigenvalue weighted by Crippen LogP contribution is 2.51. The molecule has 0 fully saturated rings. The van der Waals surface area contributed by atoms with Gasteiger partial charge >= 0.3 is 0 Å². The zero-order chi connectivity index (χ0) is 20.3. The van der Waals surface area contributed by atoms with Crippen LogP contribution in [0.15, 0.2) is 47.7 Å². The predicted octanol–water partition coefficient (Wildman–Crippen LogP) is 4.52. The van der Waals surface area contributed by atoms with E-state index < -0.39 is 4.92 Å². The molecule has 29 heavy (non-hydrogen) atoms. The second-order valence-electron chi connectivity index (χ2n) is 8.53. The fraction of sp³-hybridized carbons (Fsp3) is 0.318. The third-order valence-corrected chi connectivity index (χ3v) is 5.79. The number of benzene rings is 2. The number of ketones is 1.